The number of aliphatic carboxylic acids is 1. The minimum atomic E-state index is -3.27. The Balaban J connectivity index is 2.85. The zero-order chi connectivity index (χ0) is 10.3. The first-order chi connectivity index (χ1) is 5.84. The first kappa shape index (κ1) is 10.5. The molecule has 0 aliphatic heterocycles. The summed E-state index contributed by atoms with van der Waals surface area (Å²) < 4.78 is 26.8. The van der Waals surface area contributed by atoms with Crippen molar-refractivity contribution in [3.8, 4) is 0 Å². The Morgan fingerprint density at radius 1 is 1.69 bits per heavy atom. The molecule has 0 heterocycles. The molecular weight excluding hydrogens is 196 g/mol. The molecule has 1 fully saturated rings. The van der Waals surface area contributed by atoms with Gasteiger partial charge in [-0.1, -0.05) is 0 Å². The van der Waals surface area contributed by atoms with Crippen LogP contribution in [-0.4, -0.2) is 44.7 Å². The van der Waals surface area contributed by atoms with Crippen LogP contribution in [0.1, 0.15) is 6.42 Å². The summed E-state index contributed by atoms with van der Waals surface area (Å²) in [6.45, 7) is -0.0416. The lowest BCUT2D eigenvalue weighted by Gasteiger charge is -2.09. The van der Waals surface area contributed by atoms with Gasteiger partial charge in [-0.15, -0.1) is 0 Å². The third kappa shape index (κ3) is 1.68. The lowest BCUT2D eigenvalue weighted by molar-refractivity contribution is -0.145. The zero-order valence-electron chi connectivity index (χ0n) is 7.48. The molecule has 2 atom stereocenters. The van der Waals surface area contributed by atoms with E-state index in [0.717, 1.165) is 6.26 Å². The number of carboxylic acid groups (broad SMARTS) is 1. The molecule has 0 amide bonds. The maximum atomic E-state index is 11.1. The number of carbonyl (C=O) groups is 1. The van der Waals surface area contributed by atoms with Crippen molar-refractivity contribution >= 4 is 15.8 Å². The van der Waals surface area contributed by atoms with Crippen molar-refractivity contribution < 1.29 is 23.1 Å². The Labute approximate surface area is 76.6 Å². The second-order valence-corrected chi connectivity index (χ2v) is 5.64. The number of hydrogen-bond donors (Lipinski definition) is 1. The summed E-state index contributed by atoms with van der Waals surface area (Å²) in [5, 5.41) is 8.04. The van der Waals surface area contributed by atoms with Crippen LogP contribution in [0.25, 0.3) is 0 Å². The van der Waals surface area contributed by atoms with Gasteiger partial charge in [0.15, 0.2) is 9.84 Å². The molecule has 6 heteroatoms. The minimum Gasteiger partial charge on any atom is -0.481 e. The van der Waals surface area contributed by atoms with Crippen LogP contribution in [0.15, 0.2) is 0 Å². The fourth-order valence-electron chi connectivity index (χ4n) is 1.53. The fourth-order valence-corrected chi connectivity index (χ4v) is 3.12. The van der Waals surface area contributed by atoms with Gasteiger partial charge >= 0.3 is 5.97 Å². The zero-order valence-corrected chi connectivity index (χ0v) is 8.30. The third-order valence-electron chi connectivity index (χ3n) is 2.35. The van der Waals surface area contributed by atoms with Crippen LogP contribution in [0.5, 0.6) is 0 Å². The fraction of sp³-hybridized carbons (Fsp3) is 0.857. The second kappa shape index (κ2) is 2.95. The van der Waals surface area contributed by atoms with E-state index in [4.69, 9.17) is 9.84 Å². The Bertz CT molecular complexity index is 320. The Kier molecular flexibility index (Phi) is 2.38. The van der Waals surface area contributed by atoms with E-state index in [2.05, 4.69) is 0 Å². The van der Waals surface area contributed by atoms with Crippen molar-refractivity contribution in [2.24, 2.45) is 5.41 Å². The molecule has 0 unspecified atom stereocenters. The van der Waals surface area contributed by atoms with E-state index in [1.54, 1.807) is 0 Å². The van der Waals surface area contributed by atoms with Gasteiger partial charge in [0.2, 0.25) is 0 Å². The van der Waals surface area contributed by atoms with E-state index in [-0.39, 0.29) is 13.0 Å². The smallest absolute Gasteiger partial charge is 0.313 e. The van der Waals surface area contributed by atoms with E-state index in [1.165, 1.54) is 7.11 Å². The summed E-state index contributed by atoms with van der Waals surface area (Å²) in [5.41, 5.74) is -1.19. The number of carboxylic acids is 1. The molecule has 0 spiro atoms. The number of ether oxygens (including phenoxy) is 1. The number of hydrogen-bond acceptors (Lipinski definition) is 4. The van der Waals surface area contributed by atoms with Crippen LogP contribution in [-0.2, 0) is 19.4 Å². The van der Waals surface area contributed by atoms with E-state index in [9.17, 15) is 13.2 Å². The lowest BCUT2D eigenvalue weighted by Crippen LogP contribution is -2.27. The highest BCUT2D eigenvalue weighted by Gasteiger charge is 2.65. The lowest BCUT2D eigenvalue weighted by atomic mass is 10.1. The molecule has 1 aliphatic carbocycles. The normalized spacial score (nSPS) is 32.9. The molecule has 5 nitrogen and oxygen atoms in total. The quantitative estimate of drug-likeness (QED) is 0.675. The van der Waals surface area contributed by atoms with Crippen LogP contribution in [0, 0.1) is 5.41 Å². The summed E-state index contributed by atoms with van der Waals surface area (Å²) in [6, 6.07) is 0. The molecule has 1 rings (SSSR count). The van der Waals surface area contributed by atoms with E-state index in [0.29, 0.717) is 0 Å². The van der Waals surface area contributed by atoms with Crippen LogP contribution < -0.4 is 0 Å². The molecule has 1 aliphatic rings. The number of methoxy groups -OCH3 is 1. The Hall–Kier alpha value is -0.620. The largest absolute Gasteiger partial charge is 0.481 e. The van der Waals surface area contributed by atoms with E-state index < -0.39 is 26.5 Å². The molecule has 0 aromatic carbocycles. The summed E-state index contributed by atoms with van der Waals surface area (Å²) >= 11 is 0. The molecule has 76 valence electrons. The summed E-state index contributed by atoms with van der Waals surface area (Å²) in [6.07, 6.45) is 1.22. The van der Waals surface area contributed by atoms with Gasteiger partial charge in [0, 0.05) is 13.4 Å². The van der Waals surface area contributed by atoms with Gasteiger partial charge in [0.05, 0.1) is 11.9 Å². The average Bonchev–Trinajstić information content (AvgIpc) is 2.63. The van der Waals surface area contributed by atoms with Gasteiger partial charge in [-0.25, -0.2) is 8.42 Å². The SMILES string of the molecule is COC[C@]1(C(=O)O)C[C@H]1S(C)(=O)=O. The topological polar surface area (TPSA) is 80.7 Å². The molecule has 0 saturated heterocycles. The van der Waals surface area contributed by atoms with E-state index in [1.807, 2.05) is 0 Å². The van der Waals surface area contributed by atoms with E-state index >= 15 is 0 Å². The predicted octanol–water partition coefficient (Wildman–Crippen LogP) is -0.479. The highest BCUT2D eigenvalue weighted by Crippen LogP contribution is 2.50. The molecule has 0 aromatic rings. The van der Waals surface area contributed by atoms with Crippen molar-refractivity contribution in [1.29, 1.82) is 0 Å². The van der Waals surface area contributed by atoms with Gasteiger partial charge in [-0.3, -0.25) is 4.79 Å². The van der Waals surface area contributed by atoms with Gasteiger partial charge < -0.3 is 9.84 Å². The monoisotopic (exact) mass is 208 g/mol. The number of rotatable bonds is 4. The second-order valence-electron chi connectivity index (χ2n) is 3.42. The molecular formula is C7H12O5S. The van der Waals surface area contributed by atoms with Gasteiger partial charge in [-0.2, -0.15) is 0 Å². The van der Waals surface area contributed by atoms with Crippen LogP contribution in [0.2, 0.25) is 0 Å². The molecule has 13 heavy (non-hydrogen) atoms. The third-order valence-corrected chi connectivity index (χ3v) is 4.00. The molecule has 0 bridgehead atoms. The highest BCUT2D eigenvalue weighted by atomic mass is 32.2. The molecule has 0 radical (unpaired) electrons. The van der Waals surface area contributed by atoms with Crippen LogP contribution in [0.3, 0.4) is 0 Å². The Morgan fingerprint density at radius 3 is 2.46 bits per heavy atom. The Morgan fingerprint density at radius 2 is 2.23 bits per heavy atom. The van der Waals surface area contributed by atoms with Gasteiger partial charge in [0.25, 0.3) is 0 Å². The first-order valence-corrected chi connectivity index (χ1v) is 5.71. The predicted molar refractivity (Wildman–Crippen MR) is 45.2 cm³/mol. The van der Waals surface area contributed by atoms with Crippen molar-refractivity contribution in [3.63, 3.8) is 0 Å². The van der Waals surface area contributed by atoms with Gasteiger partial charge in [-0.05, 0) is 6.42 Å². The van der Waals surface area contributed by atoms with Gasteiger partial charge in [0.1, 0.15) is 5.41 Å². The minimum absolute atomic E-state index is 0.0416. The maximum absolute atomic E-state index is 11.1. The maximum Gasteiger partial charge on any atom is 0.313 e. The van der Waals surface area contributed by atoms with Crippen molar-refractivity contribution in [2.75, 3.05) is 20.0 Å². The van der Waals surface area contributed by atoms with Crippen molar-refractivity contribution in [1.82, 2.24) is 0 Å². The van der Waals surface area contributed by atoms with Crippen molar-refractivity contribution in [2.45, 2.75) is 11.7 Å². The standard InChI is InChI=1S/C7H12O5S/c1-12-4-7(6(8)9)3-5(7)13(2,10)11/h5H,3-4H2,1-2H3,(H,8,9)/t5-,7-/m1/s1. The highest BCUT2D eigenvalue weighted by molar-refractivity contribution is 7.91. The number of sulfone groups is 1. The van der Waals surface area contributed by atoms with Crippen LogP contribution >= 0.6 is 0 Å². The molecule has 1 N–H and O–H groups in total. The molecule has 1 saturated carbocycles. The van der Waals surface area contributed by atoms with Crippen molar-refractivity contribution in [3.05, 3.63) is 0 Å². The summed E-state index contributed by atoms with van der Waals surface area (Å²) in [4.78, 5) is 10.8. The molecule has 0 aromatic heterocycles. The van der Waals surface area contributed by atoms with Crippen LogP contribution in [0.4, 0.5) is 0 Å². The average molecular weight is 208 g/mol. The summed E-state index contributed by atoms with van der Waals surface area (Å²) in [5.74, 6) is -1.09. The first-order valence-electron chi connectivity index (χ1n) is 3.76. The summed E-state index contributed by atoms with van der Waals surface area (Å²) in [7, 11) is -1.90.